The Hall–Kier alpha value is -1.62. The van der Waals surface area contributed by atoms with Gasteiger partial charge in [0.1, 0.15) is 23.7 Å². The molecule has 1 saturated carbocycles. The van der Waals surface area contributed by atoms with Gasteiger partial charge >= 0.3 is 0 Å². The molecular formula is C16H23FN2O2. The van der Waals surface area contributed by atoms with E-state index in [9.17, 15) is 9.18 Å². The van der Waals surface area contributed by atoms with Gasteiger partial charge in [-0.1, -0.05) is 13.0 Å². The summed E-state index contributed by atoms with van der Waals surface area (Å²) in [5, 5.41) is 3.25. The van der Waals surface area contributed by atoms with E-state index in [0.29, 0.717) is 17.9 Å². The molecule has 1 amide bonds. The number of ether oxygens (including phenoxy) is 1. The van der Waals surface area contributed by atoms with Crippen molar-refractivity contribution < 1.29 is 13.9 Å². The number of rotatable bonds is 8. The monoisotopic (exact) mass is 294 g/mol. The predicted octanol–water partition coefficient (Wildman–Crippen LogP) is 2.15. The zero-order valence-electron chi connectivity index (χ0n) is 12.6. The number of nitrogens with one attached hydrogen (secondary N) is 1. The summed E-state index contributed by atoms with van der Waals surface area (Å²) in [6.45, 7) is 4.56. The van der Waals surface area contributed by atoms with Gasteiger partial charge in [-0.3, -0.25) is 4.79 Å². The lowest BCUT2D eigenvalue weighted by atomic mass is 9.93. The van der Waals surface area contributed by atoms with Gasteiger partial charge in [-0.2, -0.15) is 0 Å². The van der Waals surface area contributed by atoms with Gasteiger partial charge in [0.15, 0.2) is 0 Å². The largest absolute Gasteiger partial charge is 0.491 e. The molecule has 0 aliphatic heterocycles. The number of amides is 1. The van der Waals surface area contributed by atoms with E-state index < -0.39 is 11.4 Å². The van der Waals surface area contributed by atoms with Crippen molar-refractivity contribution in [3.63, 3.8) is 0 Å². The summed E-state index contributed by atoms with van der Waals surface area (Å²) in [4.78, 5) is 12.0. The van der Waals surface area contributed by atoms with E-state index in [4.69, 9.17) is 10.5 Å². The fourth-order valence-electron chi connectivity index (χ4n) is 2.46. The molecule has 0 heterocycles. The van der Waals surface area contributed by atoms with Gasteiger partial charge in [-0.15, -0.1) is 0 Å². The first kappa shape index (κ1) is 15.8. The maximum atomic E-state index is 13.5. The molecule has 1 atom stereocenters. The van der Waals surface area contributed by atoms with Crippen molar-refractivity contribution in [2.45, 2.75) is 38.6 Å². The van der Waals surface area contributed by atoms with Crippen LogP contribution in [-0.2, 0) is 4.79 Å². The molecule has 4 nitrogen and oxygen atoms in total. The van der Waals surface area contributed by atoms with E-state index in [1.54, 1.807) is 19.1 Å². The molecular weight excluding hydrogens is 271 g/mol. The molecule has 0 radical (unpaired) electrons. The van der Waals surface area contributed by atoms with Gasteiger partial charge in [0.05, 0.1) is 0 Å². The van der Waals surface area contributed by atoms with Crippen LogP contribution in [0.4, 0.5) is 4.39 Å². The summed E-state index contributed by atoms with van der Waals surface area (Å²) in [6.07, 6.45) is 2.83. The molecule has 0 spiro atoms. The number of halogens is 1. The molecule has 0 aromatic heterocycles. The molecule has 1 aliphatic rings. The standard InChI is InChI=1S/C16H23FN2O2/c1-3-8-19-16(15(18)20,12-5-6-12)10-21-13-7-4-11(2)14(17)9-13/h4,7,9,12,19H,3,5-6,8,10H2,1-2H3,(H2,18,20). The Bertz CT molecular complexity index is 517. The first-order valence-corrected chi connectivity index (χ1v) is 7.43. The molecule has 1 unspecified atom stereocenters. The number of hydrogen-bond acceptors (Lipinski definition) is 3. The smallest absolute Gasteiger partial charge is 0.241 e. The van der Waals surface area contributed by atoms with Crippen LogP contribution in [0.3, 0.4) is 0 Å². The van der Waals surface area contributed by atoms with Crippen LogP contribution in [0.2, 0.25) is 0 Å². The summed E-state index contributed by atoms with van der Waals surface area (Å²) < 4.78 is 19.2. The van der Waals surface area contributed by atoms with E-state index in [0.717, 1.165) is 19.3 Å². The molecule has 5 heteroatoms. The lowest BCUT2D eigenvalue weighted by molar-refractivity contribution is -0.126. The van der Waals surface area contributed by atoms with E-state index in [1.165, 1.54) is 6.07 Å². The lowest BCUT2D eigenvalue weighted by Crippen LogP contribution is -2.61. The fraction of sp³-hybridized carbons (Fsp3) is 0.562. The Morgan fingerprint density at radius 1 is 1.52 bits per heavy atom. The Balaban J connectivity index is 2.10. The third kappa shape index (κ3) is 3.53. The molecule has 1 fully saturated rings. The van der Waals surface area contributed by atoms with Gasteiger partial charge < -0.3 is 15.8 Å². The van der Waals surface area contributed by atoms with Gasteiger partial charge in [-0.25, -0.2) is 4.39 Å². The van der Waals surface area contributed by atoms with Crippen LogP contribution in [0.1, 0.15) is 31.7 Å². The molecule has 0 bridgehead atoms. The highest BCUT2D eigenvalue weighted by atomic mass is 19.1. The minimum atomic E-state index is -0.850. The second kappa shape index (κ2) is 6.43. The third-order valence-corrected chi connectivity index (χ3v) is 4.01. The normalized spacial score (nSPS) is 17.3. The maximum Gasteiger partial charge on any atom is 0.241 e. The SMILES string of the molecule is CCCNC(COc1ccc(C)c(F)c1)(C(N)=O)C1CC1. The van der Waals surface area contributed by atoms with Crippen molar-refractivity contribution in [3.05, 3.63) is 29.6 Å². The van der Waals surface area contributed by atoms with Crippen molar-refractivity contribution in [2.75, 3.05) is 13.2 Å². The summed E-state index contributed by atoms with van der Waals surface area (Å²) >= 11 is 0. The van der Waals surface area contributed by atoms with Crippen molar-refractivity contribution >= 4 is 5.91 Å². The van der Waals surface area contributed by atoms with Gasteiger partial charge in [-0.05, 0) is 50.3 Å². The molecule has 1 aromatic rings. The van der Waals surface area contributed by atoms with Crippen LogP contribution in [0, 0.1) is 18.7 Å². The minimum absolute atomic E-state index is 0.134. The zero-order valence-corrected chi connectivity index (χ0v) is 12.6. The van der Waals surface area contributed by atoms with Crippen LogP contribution >= 0.6 is 0 Å². The van der Waals surface area contributed by atoms with Crippen LogP contribution in [0.5, 0.6) is 5.75 Å². The number of nitrogens with two attached hydrogens (primary N) is 1. The van der Waals surface area contributed by atoms with Crippen molar-refractivity contribution in [2.24, 2.45) is 11.7 Å². The van der Waals surface area contributed by atoms with Crippen LogP contribution in [0.25, 0.3) is 0 Å². The van der Waals surface area contributed by atoms with Crippen molar-refractivity contribution in [1.82, 2.24) is 5.32 Å². The first-order valence-electron chi connectivity index (χ1n) is 7.43. The average molecular weight is 294 g/mol. The Morgan fingerprint density at radius 3 is 2.76 bits per heavy atom. The number of carbonyl (C=O) groups is 1. The van der Waals surface area contributed by atoms with Crippen molar-refractivity contribution in [1.29, 1.82) is 0 Å². The molecule has 0 saturated heterocycles. The van der Waals surface area contributed by atoms with Crippen molar-refractivity contribution in [3.8, 4) is 5.75 Å². The molecule has 2 rings (SSSR count). The van der Waals surface area contributed by atoms with Gasteiger partial charge in [0.2, 0.25) is 5.91 Å². The van der Waals surface area contributed by atoms with E-state index in [2.05, 4.69) is 5.32 Å². The van der Waals surface area contributed by atoms with Crippen LogP contribution in [0.15, 0.2) is 18.2 Å². The van der Waals surface area contributed by atoms with Crippen LogP contribution < -0.4 is 15.8 Å². The van der Waals surface area contributed by atoms with Crippen LogP contribution in [-0.4, -0.2) is 24.6 Å². The van der Waals surface area contributed by atoms with Gasteiger partial charge in [0.25, 0.3) is 0 Å². The average Bonchev–Trinajstić information content (AvgIpc) is 3.27. The molecule has 1 aromatic carbocycles. The number of aryl methyl sites for hydroxylation is 1. The summed E-state index contributed by atoms with van der Waals surface area (Å²) in [7, 11) is 0. The Kier molecular flexibility index (Phi) is 4.83. The highest BCUT2D eigenvalue weighted by Gasteiger charge is 2.50. The van der Waals surface area contributed by atoms with E-state index >= 15 is 0 Å². The number of benzene rings is 1. The Morgan fingerprint density at radius 2 is 2.24 bits per heavy atom. The fourth-order valence-corrected chi connectivity index (χ4v) is 2.46. The number of carbonyl (C=O) groups excluding carboxylic acids is 1. The summed E-state index contributed by atoms with van der Waals surface area (Å²) in [6, 6.07) is 4.71. The summed E-state index contributed by atoms with van der Waals surface area (Å²) in [5.41, 5.74) is 5.33. The molecule has 116 valence electrons. The molecule has 21 heavy (non-hydrogen) atoms. The summed E-state index contributed by atoms with van der Waals surface area (Å²) in [5.74, 6) is -0.0873. The second-order valence-corrected chi connectivity index (χ2v) is 5.74. The maximum absolute atomic E-state index is 13.5. The van der Waals surface area contributed by atoms with E-state index in [1.807, 2.05) is 6.92 Å². The lowest BCUT2D eigenvalue weighted by Gasteiger charge is -2.31. The quantitative estimate of drug-likeness (QED) is 0.772. The molecule has 1 aliphatic carbocycles. The zero-order chi connectivity index (χ0) is 15.5. The number of primary amides is 1. The van der Waals surface area contributed by atoms with E-state index in [-0.39, 0.29) is 18.3 Å². The topological polar surface area (TPSA) is 64.3 Å². The highest BCUT2D eigenvalue weighted by Crippen LogP contribution is 2.40. The highest BCUT2D eigenvalue weighted by molar-refractivity contribution is 5.85. The Labute approximate surface area is 124 Å². The predicted molar refractivity (Wildman–Crippen MR) is 79.6 cm³/mol. The minimum Gasteiger partial charge on any atom is -0.491 e. The third-order valence-electron chi connectivity index (χ3n) is 4.01. The molecule has 3 N–H and O–H groups in total. The second-order valence-electron chi connectivity index (χ2n) is 5.74. The van der Waals surface area contributed by atoms with Gasteiger partial charge in [0, 0.05) is 6.07 Å². The first-order chi connectivity index (χ1) is 9.99. The number of hydrogen-bond donors (Lipinski definition) is 2.